The average Bonchev–Trinajstić information content (AvgIpc) is 2.85. The summed E-state index contributed by atoms with van der Waals surface area (Å²) in [6, 6.07) is 16.7. The molecule has 1 aliphatic rings. The number of aryl methyl sites for hydroxylation is 1. The van der Waals surface area contributed by atoms with Crippen molar-refractivity contribution in [3.8, 4) is 11.1 Å². The molecule has 1 aliphatic heterocycles. The molecule has 3 aromatic rings. The van der Waals surface area contributed by atoms with Crippen LogP contribution in [-0.4, -0.2) is 46.3 Å². The Morgan fingerprint density at radius 1 is 1.09 bits per heavy atom. The molecule has 6 nitrogen and oxygen atoms in total. The molecule has 1 N–H and O–H groups in total. The van der Waals surface area contributed by atoms with E-state index >= 15 is 0 Å². The number of nitrogens with one attached hydrogen (secondary N) is 1. The highest BCUT2D eigenvalue weighted by Crippen LogP contribution is 2.37. The molecule has 2 heterocycles. The second-order valence-electron chi connectivity index (χ2n) is 8.76. The highest BCUT2D eigenvalue weighted by atomic mass is 16.2. The van der Waals surface area contributed by atoms with Crippen LogP contribution in [0.2, 0.25) is 0 Å². The molecular formula is C27H30N4O2. The van der Waals surface area contributed by atoms with Gasteiger partial charge in [-0.05, 0) is 49.8 Å². The number of hydrogen-bond acceptors (Lipinski definition) is 4. The maximum Gasteiger partial charge on any atom is 0.274 e. The van der Waals surface area contributed by atoms with Crippen LogP contribution in [0.1, 0.15) is 41.4 Å². The summed E-state index contributed by atoms with van der Waals surface area (Å²) in [6.45, 7) is 5.52. The zero-order valence-electron chi connectivity index (χ0n) is 19.3. The first kappa shape index (κ1) is 22.6. The molecule has 0 aliphatic carbocycles. The van der Waals surface area contributed by atoms with Gasteiger partial charge in [0.15, 0.2) is 0 Å². The normalized spacial score (nSPS) is 18.1. The second-order valence-corrected chi connectivity index (χ2v) is 8.76. The molecule has 0 spiro atoms. The van der Waals surface area contributed by atoms with Crippen LogP contribution in [0.5, 0.6) is 0 Å². The summed E-state index contributed by atoms with van der Waals surface area (Å²) in [4.78, 5) is 36.5. The van der Waals surface area contributed by atoms with Crippen molar-refractivity contribution in [2.45, 2.75) is 33.1 Å². The van der Waals surface area contributed by atoms with Crippen molar-refractivity contribution < 1.29 is 9.59 Å². The Hall–Kier alpha value is -3.54. The van der Waals surface area contributed by atoms with E-state index in [1.54, 1.807) is 11.1 Å². The smallest absolute Gasteiger partial charge is 0.274 e. The third-order valence-corrected chi connectivity index (χ3v) is 6.37. The molecule has 4 rings (SSSR count). The Balaban J connectivity index is 1.68. The number of nitrogens with zero attached hydrogens (tertiary/aromatic N) is 3. The minimum Gasteiger partial charge on any atom is -0.356 e. The van der Waals surface area contributed by atoms with Crippen molar-refractivity contribution >= 4 is 11.8 Å². The molecule has 0 saturated carbocycles. The highest BCUT2D eigenvalue weighted by Gasteiger charge is 2.44. The maximum atomic E-state index is 13.4. The Labute approximate surface area is 195 Å². The van der Waals surface area contributed by atoms with Gasteiger partial charge in [-0.3, -0.25) is 14.6 Å². The number of benzene rings is 2. The standard InChI is InChI=1S/C27H30N4O2/c1-3-29-26(33)27(13-6-16-31(19-27)25(32)24-18-28-14-15-30-24)17-22-7-4-5-8-23(22)21-11-9-20(2)10-12-21/h4-5,7-12,14-15,18H,3,6,13,16-17,19H2,1-2H3,(H,29,33)/t27-/m0/s1. The van der Waals surface area contributed by atoms with Crippen LogP contribution in [-0.2, 0) is 11.2 Å². The Morgan fingerprint density at radius 2 is 1.88 bits per heavy atom. The molecule has 1 atom stereocenters. The largest absolute Gasteiger partial charge is 0.356 e. The van der Waals surface area contributed by atoms with Gasteiger partial charge in [0, 0.05) is 32.0 Å². The molecule has 33 heavy (non-hydrogen) atoms. The van der Waals surface area contributed by atoms with Gasteiger partial charge in [-0.2, -0.15) is 0 Å². The Bertz CT molecular complexity index is 1110. The Kier molecular flexibility index (Phi) is 6.82. The van der Waals surface area contributed by atoms with E-state index in [9.17, 15) is 9.59 Å². The number of aromatic nitrogens is 2. The minimum absolute atomic E-state index is 0.000329. The first-order valence-electron chi connectivity index (χ1n) is 11.5. The summed E-state index contributed by atoms with van der Waals surface area (Å²) in [5, 5.41) is 3.04. The van der Waals surface area contributed by atoms with Gasteiger partial charge in [0.1, 0.15) is 5.69 Å². The summed E-state index contributed by atoms with van der Waals surface area (Å²) in [6.07, 6.45) is 6.60. The number of hydrogen-bond donors (Lipinski definition) is 1. The molecule has 2 amide bonds. The van der Waals surface area contributed by atoms with Gasteiger partial charge >= 0.3 is 0 Å². The van der Waals surface area contributed by atoms with E-state index in [1.807, 2.05) is 19.1 Å². The fraction of sp³-hybridized carbons (Fsp3) is 0.333. The summed E-state index contributed by atoms with van der Waals surface area (Å²) >= 11 is 0. The zero-order valence-corrected chi connectivity index (χ0v) is 19.3. The van der Waals surface area contributed by atoms with Crippen LogP contribution in [0, 0.1) is 12.3 Å². The van der Waals surface area contributed by atoms with E-state index in [1.165, 1.54) is 18.0 Å². The summed E-state index contributed by atoms with van der Waals surface area (Å²) in [5.74, 6) is -0.177. The second kappa shape index (κ2) is 9.94. The third kappa shape index (κ3) is 4.95. The molecule has 1 saturated heterocycles. The van der Waals surface area contributed by atoms with Crippen molar-refractivity contribution in [2.75, 3.05) is 19.6 Å². The van der Waals surface area contributed by atoms with Crippen LogP contribution < -0.4 is 5.32 Å². The lowest BCUT2D eigenvalue weighted by Crippen LogP contribution is -2.54. The number of piperidine rings is 1. The van der Waals surface area contributed by atoms with Crippen LogP contribution in [0.4, 0.5) is 0 Å². The molecule has 170 valence electrons. The molecule has 1 fully saturated rings. The topological polar surface area (TPSA) is 75.2 Å². The summed E-state index contributed by atoms with van der Waals surface area (Å²) in [7, 11) is 0. The van der Waals surface area contributed by atoms with Crippen molar-refractivity contribution in [3.05, 3.63) is 83.9 Å². The van der Waals surface area contributed by atoms with Gasteiger partial charge in [0.05, 0.1) is 11.6 Å². The lowest BCUT2D eigenvalue weighted by atomic mass is 9.73. The van der Waals surface area contributed by atoms with Gasteiger partial charge in [-0.25, -0.2) is 4.98 Å². The highest BCUT2D eigenvalue weighted by molar-refractivity contribution is 5.93. The predicted octanol–water partition coefficient (Wildman–Crippen LogP) is 4.05. The van der Waals surface area contributed by atoms with E-state index in [0.717, 1.165) is 29.5 Å². The Morgan fingerprint density at radius 3 is 2.61 bits per heavy atom. The lowest BCUT2D eigenvalue weighted by molar-refractivity contribution is -0.133. The molecule has 6 heteroatoms. The van der Waals surface area contributed by atoms with Crippen molar-refractivity contribution in [1.82, 2.24) is 20.2 Å². The molecule has 0 bridgehead atoms. The number of rotatable bonds is 6. The average molecular weight is 443 g/mol. The van der Waals surface area contributed by atoms with Crippen LogP contribution in [0.3, 0.4) is 0 Å². The van der Waals surface area contributed by atoms with E-state index in [2.05, 4.69) is 58.6 Å². The molecular weight excluding hydrogens is 412 g/mol. The van der Waals surface area contributed by atoms with E-state index in [4.69, 9.17) is 0 Å². The molecule has 0 radical (unpaired) electrons. The minimum atomic E-state index is -0.701. The SMILES string of the molecule is CCNC(=O)[C@]1(Cc2ccccc2-c2ccc(C)cc2)CCCN(C(=O)c2cnccn2)C1. The van der Waals surface area contributed by atoms with Gasteiger partial charge in [0.2, 0.25) is 5.91 Å². The number of carbonyl (C=O) groups is 2. The van der Waals surface area contributed by atoms with Gasteiger partial charge in [-0.15, -0.1) is 0 Å². The number of likely N-dealkylation sites (tertiary alicyclic amines) is 1. The quantitative estimate of drug-likeness (QED) is 0.625. The first-order valence-corrected chi connectivity index (χ1v) is 11.5. The molecule has 2 aromatic carbocycles. The van der Waals surface area contributed by atoms with E-state index in [0.29, 0.717) is 31.7 Å². The summed E-state index contributed by atoms with van der Waals surface area (Å²) < 4.78 is 0. The zero-order chi connectivity index (χ0) is 23.3. The predicted molar refractivity (Wildman–Crippen MR) is 129 cm³/mol. The van der Waals surface area contributed by atoms with Crippen molar-refractivity contribution in [2.24, 2.45) is 5.41 Å². The van der Waals surface area contributed by atoms with Gasteiger partial charge in [0.25, 0.3) is 5.91 Å². The lowest BCUT2D eigenvalue weighted by Gasteiger charge is -2.42. The van der Waals surface area contributed by atoms with Gasteiger partial charge < -0.3 is 10.2 Å². The van der Waals surface area contributed by atoms with E-state index < -0.39 is 5.41 Å². The maximum absolute atomic E-state index is 13.4. The number of carbonyl (C=O) groups excluding carboxylic acids is 2. The first-order chi connectivity index (χ1) is 16.0. The third-order valence-electron chi connectivity index (χ3n) is 6.37. The molecule has 1 aromatic heterocycles. The van der Waals surface area contributed by atoms with Gasteiger partial charge in [-0.1, -0.05) is 54.1 Å². The van der Waals surface area contributed by atoms with Crippen molar-refractivity contribution in [3.63, 3.8) is 0 Å². The number of amides is 2. The summed E-state index contributed by atoms with van der Waals surface area (Å²) in [5.41, 5.74) is 4.18. The van der Waals surface area contributed by atoms with Crippen LogP contribution in [0.15, 0.2) is 67.1 Å². The van der Waals surface area contributed by atoms with Crippen molar-refractivity contribution in [1.29, 1.82) is 0 Å². The van der Waals surface area contributed by atoms with E-state index in [-0.39, 0.29) is 11.8 Å². The fourth-order valence-electron chi connectivity index (χ4n) is 4.69. The van der Waals surface area contributed by atoms with Crippen LogP contribution in [0.25, 0.3) is 11.1 Å². The molecule has 0 unspecified atom stereocenters. The monoisotopic (exact) mass is 442 g/mol. The fourth-order valence-corrected chi connectivity index (χ4v) is 4.69. The van der Waals surface area contributed by atoms with Crippen LogP contribution >= 0.6 is 0 Å².